The van der Waals surface area contributed by atoms with Crippen LogP contribution in [0.3, 0.4) is 0 Å². The second kappa shape index (κ2) is 7.46. The zero-order valence-corrected chi connectivity index (χ0v) is 15.5. The van der Waals surface area contributed by atoms with Crippen LogP contribution >= 0.6 is 0 Å². The van der Waals surface area contributed by atoms with Gasteiger partial charge in [0.25, 0.3) is 0 Å². The minimum Gasteiger partial charge on any atom is -0.623 e. The molecule has 0 amide bonds. The summed E-state index contributed by atoms with van der Waals surface area (Å²) in [6, 6.07) is 14.2. The Hall–Kier alpha value is -2.56. The number of hydroxylamine groups is 1. The van der Waals surface area contributed by atoms with Gasteiger partial charge >= 0.3 is 6.18 Å². The lowest BCUT2D eigenvalue weighted by molar-refractivity contribution is -0.520. The van der Waals surface area contributed by atoms with Gasteiger partial charge in [-0.05, 0) is 36.6 Å². The Balaban J connectivity index is 1.72. The quantitative estimate of drug-likeness (QED) is 0.445. The lowest BCUT2D eigenvalue weighted by atomic mass is 9.76. The van der Waals surface area contributed by atoms with Crippen LogP contribution in [0.1, 0.15) is 54.8 Å². The van der Waals surface area contributed by atoms with Gasteiger partial charge in [-0.1, -0.05) is 61.7 Å². The first-order valence-electron chi connectivity index (χ1n) is 9.72. The van der Waals surface area contributed by atoms with Crippen molar-refractivity contribution in [3.63, 3.8) is 0 Å². The van der Waals surface area contributed by atoms with E-state index >= 15 is 0 Å². The normalized spacial score (nSPS) is 22.4. The smallest absolute Gasteiger partial charge is 0.416 e. The molecule has 2 nitrogen and oxygen atoms in total. The van der Waals surface area contributed by atoms with Crippen LogP contribution in [0.25, 0.3) is 6.08 Å². The van der Waals surface area contributed by atoms with Gasteiger partial charge in [0, 0.05) is 11.5 Å². The van der Waals surface area contributed by atoms with E-state index in [2.05, 4.69) is 0 Å². The Bertz CT molecular complexity index is 892. The van der Waals surface area contributed by atoms with Crippen LogP contribution in [0.2, 0.25) is 0 Å². The molecular weight excluding hydrogens is 363 g/mol. The maximum Gasteiger partial charge on any atom is 0.416 e. The van der Waals surface area contributed by atoms with E-state index < -0.39 is 17.8 Å². The van der Waals surface area contributed by atoms with Crippen molar-refractivity contribution in [3.05, 3.63) is 82.1 Å². The standard InChI is InChI=1S/C23H22F3NO/c24-23(25,26)19-13-11-18(12-14-19)22-20(15-16-7-3-1-4-8-16)21(27(22)28)17-9-5-2-6-10-17/h1,3-4,7-8,11-15,17,22H,2,5-6,9-10H2/b20-15-. The van der Waals surface area contributed by atoms with E-state index in [0.717, 1.165) is 59.4 Å². The topological polar surface area (TPSA) is 26.1 Å². The molecule has 1 aliphatic heterocycles. The third kappa shape index (κ3) is 3.58. The van der Waals surface area contributed by atoms with Gasteiger partial charge in [0.05, 0.1) is 11.1 Å². The first kappa shape index (κ1) is 18.8. The number of alkyl halides is 3. The summed E-state index contributed by atoms with van der Waals surface area (Å²) in [6.07, 6.45) is 3.07. The van der Waals surface area contributed by atoms with Crippen molar-refractivity contribution in [1.29, 1.82) is 0 Å². The number of benzene rings is 2. The highest BCUT2D eigenvalue weighted by atomic mass is 19.4. The van der Waals surface area contributed by atoms with Gasteiger partial charge in [-0.3, -0.25) is 0 Å². The van der Waals surface area contributed by atoms with Crippen molar-refractivity contribution in [2.45, 2.75) is 44.3 Å². The highest BCUT2D eigenvalue weighted by Crippen LogP contribution is 2.42. The molecule has 4 rings (SSSR count). The molecule has 1 atom stereocenters. The van der Waals surface area contributed by atoms with Gasteiger partial charge in [-0.25, -0.2) is 0 Å². The summed E-state index contributed by atoms with van der Waals surface area (Å²) in [5.74, 6) is 0.243. The Kier molecular flexibility index (Phi) is 5.00. The highest BCUT2D eigenvalue weighted by Gasteiger charge is 2.46. The van der Waals surface area contributed by atoms with Gasteiger partial charge in [0.15, 0.2) is 0 Å². The third-order valence-corrected chi connectivity index (χ3v) is 5.73. The van der Waals surface area contributed by atoms with E-state index in [-0.39, 0.29) is 5.92 Å². The van der Waals surface area contributed by atoms with Crippen LogP contribution < -0.4 is 0 Å². The molecule has 1 fully saturated rings. The van der Waals surface area contributed by atoms with Crippen molar-refractivity contribution < 1.29 is 17.9 Å². The number of rotatable bonds is 3. The lowest BCUT2D eigenvalue weighted by Gasteiger charge is -2.36. The summed E-state index contributed by atoms with van der Waals surface area (Å²) in [6.45, 7) is 0. The Morgan fingerprint density at radius 2 is 1.54 bits per heavy atom. The number of hydrogen-bond donors (Lipinski definition) is 0. The van der Waals surface area contributed by atoms with Crippen LogP contribution in [-0.2, 0) is 6.18 Å². The molecule has 28 heavy (non-hydrogen) atoms. The number of nitrogens with zero attached hydrogens (tertiary/aromatic N) is 1. The maximum atomic E-state index is 13.0. The van der Waals surface area contributed by atoms with E-state index in [1.165, 1.54) is 18.6 Å². The second-order valence-corrected chi connectivity index (χ2v) is 7.58. The zero-order valence-electron chi connectivity index (χ0n) is 15.5. The molecule has 0 aromatic heterocycles. The van der Waals surface area contributed by atoms with E-state index in [1.54, 1.807) is 0 Å². The number of hydrogen-bond acceptors (Lipinski definition) is 1. The molecule has 2 aliphatic rings. The summed E-state index contributed by atoms with van der Waals surface area (Å²) in [4.78, 5) is 0. The SMILES string of the molecule is [O-][N+]1=C(C2CCCCC2)/C(=C/c2ccccc2)C1c1ccc(C(F)(F)F)cc1. The van der Waals surface area contributed by atoms with Crippen molar-refractivity contribution in [1.82, 2.24) is 0 Å². The van der Waals surface area contributed by atoms with Crippen LogP contribution in [0, 0.1) is 11.1 Å². The molecule has 0 saturated heterocycles. The Morgan fingerprint density at radius 3 is 2.14 bits per heavy atom. The minimum atomic E-state index is -4.38. The van der Waals surface area contributed by atoms with Crippen molar-refractivity contribution in [3.8, 4) is 0 Å². The minimum absolute atomic E-state index is 0.243. The van der Waals surface area contributed by atoms with Gasteiger partial charge < -0.3 is 5.21 Å². The lowest BCUT2D eigenvalue weighted by Crippen LogP contribution is -2.42. The molecule has 1 aliphatic carbocycles. The molecule has 5 heteroatoms. The largest absolute Gasteiger partial charge is 0.623 e. The fourth-order valence-corrected chi connectivity index (χ4v) is 4.31. The van der Waals surface area contributed by atoms with Crippen molar-refractivity contribution in [2.75, 3.05) is 0 Å². The highest BCUT2D eigenvalue weighted by molar-refractivity contribution is 6.06. The van der Waals surface area contributed by atoms with E-state index in [0.29, 0.717) is 5.56 Å². The second-order valence-electron chi connectivity index (χ2n) is 7.58. The van der Waals surface area contributed by atoms with Gasteiger partial charge in [-0.2, -0.15) is 17.9 Å². The average molecular weight is 385 g/mol. The van der Waals surface area contributed by atoms with E-state index in [4.69, 9.17) is 0 Å². The maximum absolute atomic E-state index is 13.0. The summed E-state index contributed by atoms with van der Waals surface area (Å²) >= 11 is 0. The van der Waals surface area contributed by atoms with Crippen LogP contribution in [0.5, 0.6) is 0 Å². The third-order valence-electron chi connectivity index (χ3n) is 5.73. The molecular formula is C23H22F3NO. The van der Waals surface area contributed by atoms with Crippen molar-refractivity contribution in [2.24, 2.45) is 5.92 Å². The molecule has 0 spiro atoms. The van der Waals surface area contributed by atoms with E-state index in [1.807, 2.05) is 36.4 Å². The fraction of sp³-hybridized carbons (Fsp3) is 0.348. The summed E-state index contributed by atoms with van der Waals surface area (Å²) in [5.41, 5.74) is 2.65. The zero-order chi connectivity index (χ0) is 19.7. The first-order valence-corrected chi connectivity index (χ1v) is 9.72. The molecule has 146 valence electrons. The monoisotopic (exact) mass is 385 g/mol. The molecule has 1 unspecified atom stereocenters. The van der Waals surface area contributed by atoms with E-state index in [9.17, 15) is 18.4 Å². The van der Waals surface area contributed by atoms with Gasteiger partial charge in [-0.15, -0.1) is 0 Å². The van der Waals surface area contributed by atoms with Crippen LogP contribution in [-0.4, -0.2) is 10.5 Å². The summed E-state index contributed by atoms with van der Waals surface area (Å²) < 4.78 is 39.6. The first-order chi connectivity index (χ1) is 13.4. The number of halogens is 3. The predicted molar refractivity (Wildman–Crippen MR) is 104 cm³/mol. The van der Waals surface area contributed by atoms with Gasteiger partial charge in [0.1, 0.15) is 0 Å². The molecule has 1 saturated carbocycles. The van der Waals surface area contributed by atoms with Gasteiger partial charge in [0.2, 0.25) is 11.8 Å². The van der Waals surface area contributed by atoms with Crippen LogP contribution in [0.4, 0.5) is 13.2 Å². The van der Waals surface area contributed by atoms with Crippen LogP contribution in [0.15, 0.2) is 60.2 Å². The molecule has 2 aromatic rings. The fourth-order valence-electron chi connectivity index (χ4n) is 4.31. The molecule has 0 N–H and O–H groups in total. The Labute approximate surface area is 162 Å². The van der Waals surface area contributed by atoms with Crippen molar-refractivity contribution >= 4 is 11.8 Å². The predicted octanol–water partition coefficient (Wildman–Crippen LogP) is 6.38. The Morgan fingerprint density at radius 1 is 0.893 bits per heavy atom. The molecule has 0 bridgehead atoms. The molecule has 0 radical (unpaired) electrons. The molecule has 1 heterocycles. The summed E-state index contributed by atoms with van der Waals surface area (Å²) in [5, 5.41) is 13.0. The average Bonchev–Trinajstić information content (AvgIpc) is 2.69. The molecule has 2 aromatic carbocycles. The summed E-state index contributed by atoms with van der Waals surface area (Å²) in [7, 11) is 0.